The van der Waals surface area contributed by atoms with Crippen LogP contribution in [0, 0.1) is 17.0 Å². The number of nitrogens with zero attached hydrogens (tertiary/aromatic N) is 3. The van der Waals surface area contributed by atoms with Crippen molar-refractivity contribution >= 4 is 23.3 Å². The van der Waals surface area contributed by atoms with Crippen LogP contribution < -0.4 is 5.32 Å². The monoisotopic (exact) mass is 378 g/mol. The number of likely N-dealkylation sites (N-methyl/N-ethyl adjacent to an activating group) is 1. The van der Waals surface area contributed by atoms with Crippen molar-refractivity contribution in [2.24, 2.45) is 0 Å². The van der Waals surface area contributed by atoms with Crippen molar-refractivity contribution in [1.29, 1.82) is 0 Å². The second-order valence-corrected chi connectivity index (χ2v) is 6.97. The number of non-ortho nitro benzene ring substituents is 1. The van der Waals surface area contributed by atoms with Crippen molar-refractivity contribution in [3.05, 3.63) is 33.9 Å². The van der Waals surface area contributed by atoms with Crippen LogP contribution in [0.3, 0.4) is 0 Å². The van der Waals surface area contributed by atoms with Gasteiger partial charge in [-0.1, -0.05) is 6.07 Å². The van der Waals surface area contributed by atoms with Crippen LogP contribution in [0.2, 0.25) is 0 Å². The van der Waals surface area contributed by atoms with Crippen LogP contribution in [0.1, 0.15) is 24.8 Å². The third-order valence-corrected chi connectivity index (χ3v) is 4.87. The average Bonchev–Trinajstić information content (AvgIpc) is 2.81. The lowest BCUT2D eigenvalue weighted by Gasteiger charge is -2.25. The van der Waals surface area contributed by atoms with Crippen molar-refractivity contribution in [3.63, 3.8) is 0 Å². The predicted octanol–water partition coefficient (Wildman–Crippen LogP) is 1.71. The van der Waals surface area contributed by atoms with E-state index >= 15 is 0 Å². The lowest BCUT2D eigenvalue weighted by Crippen LogP contribution is -2.37. The molecule has 9 heteroatoms. The highest BCUT2D eigenvalue weighted by molar-refractivity contribution is 5.93. The number of aryl methyl sites for hydroxylation is 1. The van der Waals surface area contributed by atoms with E-state index < -0.39 is 10.9 Å². The summed E-state index contributed by atoms with van der Waals surface area (Å²) in [6.45, 7) is 3.47. The van der Waals surface area contributed by atoms with Gasteiger partial charge in [-0.05, 0) is 45.3 Å². The molecule has 1 heterocycles. The van der Waals surface area contributed by atoms with Crippen LogP contribution in [0.4, 0.5) is 11.4 Å². The Morgan fingerprint density at radius 2 is 2.11 bits per heavy atom. The molecule has 148 valence electrons. The first kappa shape index (κ1) is 20.8. The van der Waals surface area contributed by atoms with Gasteiger partial charge in [0.25, 0.3) is 5.69 Å². The molecule has 27 heavy (non-hydrogen) atoms. The summed E-state index contributed by atoms with van der Waals surface area (Å²) in [5.41, 5.74) is 1.15. The number of hydrogen-bond acceptors (Lipinski definition) is 6. The van der Waals surface area contributed by atoms with Crippen LogP contribution in [-0.4, -0.2) is 71.0 Å². The molecule has 1 unspecified atom stereocenters. The zero-order valence-electron chi connectivity index (χ0n) is 15.7. The summed E-state index contributed by atoms with van der Waals surface area (Å²) in [5, 5.41) is 22.6. The summed E-state index contributed by atoms with van der Waals surface area (Å²) in [6.07, 6.45) is 2.58. The van der Waals surface area contributed by atoms with Gasteiger partial charge in [-0.15, -0.1) is 0 Å². The molecule has 1 aliphatic rings. The molecule has 1 amide bonds. The molecule has 2 N–H and O–H groups in total. The van der Waals surface area contributed by atoms with Gasteiger partial charge in [-0.3, -0.25) is 29.5 Å². The first-order valence-electron chi connectivity index (χ1n) is 8.95. The number of aliphatic carboxylic acids is 1. The number of likely N-dealkylation sites (tertiary alicyclic amines) is 1. The first-order valence-corrected chi connectivity index (χ1v) is 8.95. The van der Waals surface area contributed by atoms with E-state index in [9.17, 15) is 19.7 Å². The Bertz CT molecular complexity index is 709. The summed E-state index contributed by atoms with van der Waals surface area (Å²) >= 11 is 0. The number of carbonyl (C=O) groups excluding carboxylic acids is 1. The molecule has 0 aliphatic carbocycles. The van der Waals surface area contributed by atoms with E-state index in [0.717, 1.165) is 31.4 Å². The van der Waals surface area contributed by atoms with Gasteiger partial charge >= 0.3 is 5.97 Å². The maximum atomic E-state index is 12.4. The number of nitro benzene ring substituents is 1. The van der Waals surface area contributed by atoms with Crippen molar-refractivity contribution in [1.82, 2.24) is 9.80 Å². The van der Waals surface area contributed by atoms with Crippen molar-refractivity contribution in [2.75, 3.05) is 38.5 Å². The molecule has 0 spiro atoms. The third kappa shape index (κ3) is 6.30. The van der Waals surface area contributed by atoms with Gasteiger partial charge in [0.15, 0.2) is 0 Å². The smallest absolute Gasteiger partial charge is 0.317 e. The Hall–Kier alpha value is -2.52. The second kappa shape index (κ2) is 9.43. The van der Waals surface area contributed by atoms with Crippen LogP contribution in [0.5, 0.6) is 0 Å². The Morgan fingerprint density at radius 1 is 1.37 bits per heavy atom. The molecular formula is C18H26N4O5. The first-order chi connectivity index (χ1) is 12.8. The standard InChI is InChI=1S/C18H26N4O5/c1-13-5-6-15(22(26)27)10-16(13)19-17(23)11-21-8-3-4-14(7-9-21)20(2)12-18(24)25/h5-6,10,14H,3-4,7-9,11-12H2,1-2H3,(H,19,23)(H,24,25). The maximum absolute atomic E-state index is 12.4. The highest BCUT2D eigenvalue weighted by Gasteiger charge is 2.23. The highest BCUT2D eigenvalue weighted by Crippen LogP contribution is 2.22. The van der Waals surface area contributed by atoms with Gasteiger partial charge in [0, 0.05) is 24.7 Å². The minimum Gasteiger partial charge on any atom is -0.480 e. The lowest BCUT2D eigenvalue weighted by atomic mass is 10.1. The molecule has 0 saturated carbocycles. The topological polar surface area (TPSA) is 116 Å². The molecule has 0 bridgehead atoms. The minimum atomic E-state index is -0.842. The van der Waals surface area contributed by atoms with E-state index in [2.05, 4.69) is 5.32 Å². The van der Waals surface area contributed by atoms with Crippen LogP contribution in [0.15, 0.2) is 18.2 Å². The fraction of sp³-hybridized carbons (Fsp3) is 0.556. The van der Waals surface area contributed by atoms with Crippen molar-refractivity contribution in [3.8, 4) is 0 Å². The Morgan fingerprint density at radius 3 is 2.78 bits per heavy atom. The third-order valence-electron chi connectivity index (χ3n) is 4.87. The predicted molar refractivity (Wildman–Crippen MR) is 101 cm³/mol. The fourth-order valence-corrected chi connectivity index (χ4v) is 3.33. The SMILES string of the molecule is Cc1ccc([N+](=O)[O-])cc1NC(=O)CN1CCCC(N(C)CC(=O)O)CC1. The van der Waals surface area contributed by atoms with E-state index in [4.69, 9.17) is 5.11 Å². The Labute approximate surface area is 158 Å². The van der Waals surface area contributed by atoms with Crippen molar-refractivity contribution in [2.45, 2.75) is 32.2 Å². The number of carboxylic acids is 1. The molecule has 0 aromatic heterocycles. The van der Waals surface area contributed by atoms with Gasteiger partial charge in [-0.25, -0.2) is 0 Å². The number of amides is 1. The maximum Gasteiger partial charge on any atom is 0.317 e. The summed E-state index contributed by atoms with van der Waals surface area (Å²) in [7, 11) is 1.81. The molecule has 1 aromatic carbocycles. The molecular weight excluding hydrogens is 352 g/mol. The number of rotatable bonds is 7. The summed E-state index contributed by atoms with van der Waals surface area (Å²) in [5.74, 6) is -1.05. The number of hydrogen-bond donors (Lipinski definition) is 2. The lowest BCUT2D eigenvalue weighted by molar-refractivity contribution is -0.384. The zero-order chi connectivity index (χ0) is 20.0. The molecule has 1 aromatic rings. The van der Waals surface area contributed by atoms with E-state index in [1.165, 1.54) is 12.1 Å². The van der Waals surface area contributed by atoms with Crippen LogP contribution >= 0.6 is 0 Å². The number of carboxylic acid groups (broad SMARTS) is 1. The van der Waals surface area contributed by atoms with E-state index in [1.807, 2.05) is 16.8 Å². The number of nitro groups is 1. The van der Waals surface area contributed by atoms with Gasteiger partial charge in [0.05, 0.1) is 23.7 Å². The summed E-state index contributed by atoms with van der Waals surface area (Å²) in [4.78, 5) is 37.5. The Balaban J connectivity index is 1.90. The van der Waals surface area contributed by atoms with E-state index in [1.54, 1.807) is 13.0 Å². The largest absolute Gasteiger partial charge is 0.480 e. The van der Waals surface area contributed by atoms with Gasteiger partial charge in [0.2, 0.25) is 5.91 Å². The molecule has 1 aliphatic heterocycles. The van der Waals surface area contributed by atoms with Crippen LogP contribution in [0.25, 0.3) is 0 Å². The highest BCUT2D eigenvalue weighted by atomic mass is 16.6. The summed E-state index contributed by atoms with van der Waals surface area (Å²) in [6, 6.07) is 4.58. The van der Waals surface area contributed by atoms with E-state index in [-0.39, 0.29) is 30.7 Å². The molecule has 2 rings (SSSR count). The molecule has 1 atom stereocenters. The molecule has 1 saturated heterocycles. The Kier molecular flexibility index (Phi) is 7.26. The zero-order valence-corrected chi connectivity index (χ0v) is 15.7. The second-order valence-electron chi connectivity index (χ2n) is 6.97. The molecule has 1 fully saturated rings. The molecule has 0 radical (unpaired) electrons. The van der Waals surface area contributed by atoms with Crippen LogP contribution in [-0.2, 0) is 9.59 Å². The fourth-order valence-electron chi connectivity index (χ4n) is 3.33. The number of anilines is 1. The quantitative estimate of drug-likeness (QED) is 0.548. The molecule has 9 nitrogen and oxygen atoms in total. The average molecular weight is 378 g/mol. The minimum absolute atomic E-state index is 0.0111. The number of carbonyl (C=O) groups is 2. The summed E-state index contributed by atoms with van der Waals surface area (Å²) < 4.78 is 0. The van der Waals surface area contributed by atoms with E-state index in [0.29, 0.717) is 12.2 Å². The van der Waals surface area contributed by atoms with Crippen molar-refractivity contribution < 1.29 is 19.6 Å². The van der Waals surface area contributed by atoms with Gasteiger partial charge in [-0.2, -0.15) is 0 Å². The number of benzene rings is 1. The normalized spacial score (nSPS) is 18.1. The van der Waals surface area contributed by atoms with Gasteiger partial charge < -0.3 is 10.4 Å². The number of nitrogens with one attached hydrogen (secondary N) is 1. The van der Waals surface area contributed by atoms with Gasteiger partial charge in [0.1, 0.15) is 0 Å².